The first-order valence-corrected chi connectivity index (χ1v) is 6.73. The van der Waals surface area contributed by atoms with Gasteiger partial charge in [-0.3, -0.25) is 0 Å². The van der Waals surface area contributed by atoms with Gasteiger partial charge in [0, 0.05) is 38.0 Å². The van der Waals surface area contributed by atoms with Crippen LogP contribution in [0.4, 0.5) is 0 Å². The summed E-state index contributed by atoms with van der Waals surface area (Å²) in [6, 6.07) is 9.77. The molecule has 2 rings (SSSR count). The van der Waals surface area contributed by atoms with Crippen molar-refractivity contribution < 1.29 is 14.3 Å². The van der Waals surface area contributed by atoms with Crippen molar-refractivity contribution in [2.24, 2.45) is 0 Å². The zero-order valence-corrected chi connectivity index (χ0v) is 11.9. The zero-order valence-electron chi connectivity index (χ0n) is 11.9. The van der Waals surface area contributed by atoms with Gasteiger partial charge in [0.25, 0.3) is 0 Å². The van der Waals surface area contributed by atoms with E-state index in [4.69, 9.17) is 9.47 Å². The molecule has 0 saturated heterocycles. The van der Waals surface area contributed by atoms with E-state index in [0.717, 1.165) is 11.3 Å². The van der Waals surface area contributed by atoms with Gasteiger partial charge < -0.3 is 9.47 Å². The van der Waals surface area contributed by atoms with Crippen molar-refractivity contribution in [2.45, 2.75) is 6.42 Å². The van der Waals surface area contributed by atoms with Gasteiger partial charge in [-0.05, 0) is 18.2 Å². The minimum atomic E-state index is -0.362. The maximum atomic E-state index is 11.5. The molecule has 2 aromatic rings. The molecule has 0 saturated carbocycles. The van der Waals surface area contributed by atoms with E-state index < -0.39 is 0 Å². The van der Waals surface area contributed by atoms with Crippen LogP contribution in [-0.4, -0.2) is 36.1 Å². The molecule has 0 N–H and O–H groups in total. The molecular weight excluding hydrogens is 268 g/mol. The molecule has 0 aliphatic heterocycles. The molecule has 0 unspecified atom stereocenters. The molecular formula is C16H18N2O3. The Morgan fingerprint density at radius 1 is 1.29 bits per heavy atom. The molecule has 1 heterocycles. The maximum Gasteiger partial charge on any atom is 0.330 e. The number of carbonyl (C=O) groups is 1. The van der Waals surface area contributed by atoms with E-state index in [-0.39, 0.29) is 5.97 Å². The molecule has 0 radical (unpaired) electrons. The van der Waals surface area contributed by atoms with Crippen LogP contribution in [0, 0.1) is 0 Å². The van der Waals surface area contributed by atoms with E-state index in [1.54, 1.807) is 24.1 Å². The summed E-state index contributed by atoms with van der Waals surface area (Å²) in [5.41, 5.74) is 1.81. The predicted octanol–water partition coefficient (Wildman–Crippen LogP) is 2.47. The van der Waals surface area contributed by atoms with E-state index in [0.29, 0.717) is 19.6 Å². The molecule has 0 aliphatic carbocycles. The number of carbonyl (C=O) groups excluding carboxylic acids is 1. The average Bonchev–Trinajstić information content (AvgIpc) is 2.99. The van der Waals surface area contributed by atoms with Gasteiger partial charge >= 0.3 is 5.97 Å². The van der Waals surface area contributed by atoms with Crippen LogP contribution >= 0.6 is 0 Å². The Hall–Kier alpha value is -2.40. The monoisotopic (exact) mass is 286 g/mol. The lowest BCUT2D eigenvalue weighted by Crippen LogP contribution is -2.04. The number of benzene rings is 1. The second-order valence-electron chi connectivity index (χ2n) is 4.40. The van der Waals surface area contributed by atoms with Crippen LogP contribution in [0.3, 0.4) is 0 Å². The number of nitrogens with zero attached hydrogens (tertiary/aromatic N) is 2. The van der Waals surface area contributed by atoms with Gasteiger partial charge in [0.15, 0.2) is 0 Å². The Morgan fingerprint density at radius 2 is 2.10 bits per heavy atom. The lowest BCUT2D eigenvalue weighted by Gasteiger charge is -2.00. The fraction of sp³-hybridized carbons (Fsp3) is 0.250. The molecule has 0 atom stereocenters. The Bertz CT molecular complexity index is 591. The molecule has 0 aliphatic rings. The Labute approximate surface area is 123 Å². The summed E-state index contributed by atoms with van der Waals surface area (Å²) in [7, 11) is 1.62. The van der Waals surface area contributed by atoms with Gasteiger partial charge in [0.1, 0.15) is 0 Å². The number of rotatable bonds is 7. The smallest absolute Gasteiger partial charge is 0.330 e. The summed E-state index contributed by atoms with van der Waals surface area (Å²) >= 11 is 0. The van der Waals surface area contributed by atoms with Crippen molar-refractivity contribution >= 4 is 12.0 Å². The maximum absolute atomic E-state index is 11.5. The predicted molar refractivity (Wildman–Crippen MR) is 80.1 cm³/mol. The fourth-order valence-corrected chi connectivity index (χ4v) is 1.73. The molecule has 1 aromatic carbocycles. The van der Waals surface area contributed by atoms with Gasteiger partial charge in [-0.2, -0.15) is 5.10 Å². The first-order valence-electron chi connectivity index (χ1n) is 6.73. The Morgan fingerprint density at radius 3 is 2.86 bits per heavy atom. The summed E-state index contributed by atoms with van der Waals surface area (Å²) in [6.07, 6.45) is 7.33. The molecule has 110 valence electrons. The number of aromatic nitrogens is 2. The van der Waals surface area contributed by atoms with Gasteiger partial charge in [-0.1, -0.05) is 18.2 Å². The largest absolute Gasteiger partial charge is 0.462 e. The summed E-state index contributed by atoms with van der Waals surface area (Å²) in [6.45, 7) is 0.946. The number of ether oxygens (including phenoxy) is 2. The van der Waals surface area contributed by atoms with Gasteiger partial charge in [0.05, 0.1) is 18.5 Å². The van der Waals surface area contributed by atoms with Gasteiger partial charge in [0.2, 0.25) is 0 Å². The minimum absolute atomic E-state index is 0.361. The number of hydrogen-bond acceptors (Lipinski definition) is 4. The third-order valence-electron chi connectivity index (χ3n) is 2.77. The minimum Gasteiger partial charge on any atom is -0.462 e. The quantitative estimate of drug-likeness (QED) is 0.446. The fourth-order valence-electron chi connectivity index (χ4n) is 1.73. The van der Waals surface area contributed by atoms with Crippen molar-refractivity contribution in [3.8, 4) is 5.69 Å². The first kappa shape index (κ1) is 15.0. The summed E-state index contributed by atoms with van der Waals surface area (Å²) in [5, 5.41) is 4.25. The first-order chi connectivity index (χ1) is 10.3. The normalized spacial score (nSPS) is 10.9. The molecule has 5 nitrogen and oxygen atoms in total. The van der Waals surface area contributed by atoms with E-state index in [9.17, 15) is 4.79 Å². The third-order valence-corrected chi connectivity index (χ3v) is 2.77. The van der Waals surface area contributed by atoms with Crippen LogP contribution in [0.15, 0.2) is 48.8 Å². The van der Waals surface area contributed by atoms with Crippen molar-refractivity contribution in [3.63, 3.8) is 0 Å². The summed E-state index contributed by atoms with van der Waals surface area (Å²) in [5.74, 6) is -0.362. The van der Waals surface area contributed by atoms with Crippen LogP contribution in [-0.2, 0) is 14.3 Å². The highest BCUT2D eigenvalue weighted by Crippen LogP contribution is 2.08. The van der Waals surface area contributed by atoms with E-state index in [2.05, 4.69) is 5.10 Å². The van der Waals surface area contributed by atoms with Crippen molar-refractivity contribution in [1.82, 2.24) is 9.78 Å². The molecule has 0 fully saturated rings. The highest BCUT2D eigenvalue weighted by Gasteiger charge is 2.00. The third kappa shape index (κ3) is 4.89. The topological polar surface area (TPSA) is 53.4 Å². The lowest BCUT2D eigenvalue weighted by molar-refractivity contribution is -0.138. The highest BCUT2D eigenvalue weighted by atomic mass is 16.5. The number of methoxy groups -OCH3 is 1. The van der Waals surface area contributed by atoms with Crippen LogP contribution in [0.2, 0.25) is 0 Å². The van der Waals surface area contributed by atoms with Crippen molar-refractivity contribution in [1.29, 1.82) is 0 Å². The summed E-state index contributed by atoms with van der Waals surface area (Å²) < 4.78 is 11.7. The van der Waals surface area contributed by atoms with E-state index >= 15 is 0 Å². The zero-order chi connectivity index (χ0) is 14.9. The lowest BCUT2D eigenvalue weighted by atomic mass is 10.3. The molecule has 0 bridgehead atoms. The second kappa shape index (κ2) is 8.01. The van der Waals surface area contributed by atoms with Crippen LogP contribution in [0.5, 0.6) is 0 Å². The molecule has 1 aromatic heterocycles. The Balaban J connectivity index is 1.87. The molecule has 0 spiro atoms. The molecule has 5 heteroatoms. The van der Waals surface area contributed by atoms with E-state index in [1.807, 2.05) is 36.5 Å². The average molecular weight is 286 g/mol. The number of esters is 1. The van der Waals surface area contributed by atoms with Crippen molar-refractivity contribution in [3.05, 3.63) is 54.4 Å². The summed E-state index contributed by atoms with van der Waals surface area (Å²) in [4.78, 5) is 11.5. The molecule has 0 amide bonds. The van der Waals surface area contributed by atoms with Crippen molar-refractivity contribution in [2.75, 3.05) is 20.3 Å². The van der Waals surface area contributed by atoms with Gasteiger partial charge in [-0.15, -0.1) is 0 Å². The van der Waals surface area contributed by atoms with E-state index in [1.165, 1.54) is 6.08 Å². The van der Waals surface area contributed by atoms with Crippen LogP contribution < -0.4 is 0 Å². The van der Waals surface area contributed by atoms with Gasteiger partial charge in [-0.25, -0.2) is 9.48 Å². The standard InChI is InChI=1S/C16H18N2O3/c1-20-10-5-11-21-16(19)9-8-14-12-17-18(13-14)15-6-3-2-4-7-15/h2-4,6-9,12-13H,5,10-11H2,1H3. The molecule has 21 heavy (non-hydrogen) atoms. The Kier molecular flexibility index (Phi) is 5.72. The van der Waals surface area contributed by atoms with Crippen LogP contribution in [0.1, 0.15) is 12.0 Å². The number of hydrogen-bond donors (Lipinski definition) is 0. The second-order valence-corrected chi connectivity index (χ2v) is 4.40. The van der Waals surface area contributed by atoms with Crippen LogP contribution in [0.25, 0.3) is 11.8 Å². The number of para-hydroxylation sites is 1. The SMILES string of the molecule is COCCCOC(=O)C=Cc1cnn(-c2ccccc2)c1. The highest BCUT2D eigenvalue weighted by molar-refractivity contribution is 5.86.